The lowest BCUT2D eigenvalue weighted by molar-refractivity contribution is 0.102. The molecule has 1 amide bonds. The van der Waals surface area contributed by atoms with Crippen LogP contribution in [0.5, 0.6) is 0 Å². The third-order valence-electron chi connectivity index (χ3n) is 3.63. The fourth-order valence-electron chi connectivity index (χ4n) is 2.30. The molecule has 0 bridgehead atoms. The molecule has 0 aliphatic heterocycles. The van der Waals surface area contributed by atoms with Crippen LogP contribution in [0.1, 0.15) is 15.9 Å². The van der Waals surface area contributed by atoms with Gasteiger partial charge in [-0.05, 0) is 48.9 Å². The van der Waals surface area contributed by atoms with Crippen molar-refractivity contribution in [2.45, 2.75) is 6.92 Å². The number of hydrogen-bond acceptors (Lipinski definition) is 3. The van der Waals surface area contributed by atoms with Crippen molar-refractivity contribution in [3.63, 3.8) is 0 Å². The Morgan fingerprint density at radius 2 is 1.92 bits per heavy atom. The summed E-state index contributed by atoms with van der Waals surface area (Å²) in [6.45, 7) is 1.96. The maximum absolute atomic E-state index is 13.2. The van der Waals surface area contributed by atoms with Gasteiger partial charge in [-0.1, -0.05) is 29.8 Å². The Kier molecular flexibility index (Phi) is 4.95. The molecule has 6 heteroatoms. The maximum Gasteiger partial charge on any atom is 0.259 e. The highest BCUT2D eigenvalue weighted by Crippen LogP contribution is 2.23. The predicted octanol–water partition coefficient (Wildman–Crippen LogP) is 5.18. The average Bonchev–Trinajstić information content (AvgIpc) is 2.60. The predicted molar refractivity (Wildman–Crippen MR) is 98.1 cm³/mol. The number of rotatable bonds is 4. The number of carbonyl (C=O) groups excluding carboxylic acids is 1. The Morgan fingerprint density at radius 3 is 2.68 bits per heavy atom. The van der Waals surface area contributed by atoms with E-state index in [9.17, 15) is 9.18 Å². The van der Waals surface area contributed by atoms with Gasteiger partial charge < -0.3 is 10.6 Å². The highest BCUT2D eigenvalue weighted by molar-refractivity contribution is 6.31. The van der Waals surface area contributed by atoms with E-state index in [-0.39, 0.29) is 10.9 Å². The van der Waals surface area contributed by atoms with E-state index in [0.717, 1.165) is 11.3 Å². The van der Waals surface area contributed by atoms with Gasteiger partial charge in [0, 0.05) is 17.6 Å². The monoisotopic (exact) mass is 355 g/mol. The van der Waals surface area contributed by atoms with Crippen molar-refractivity contribution >= 4 is 34.7 Å². The normalized spacial score (nSPS) is 10.4. The molecule has 0 fully saturated rings. The summed E-state index contributed by atoms with van der Waals surface area (Å²) in [4.78, 5) is 16.8. The zero-order valence-corrected chi connectivity index (χ0v) is 14.1. The third-order valence-corrected chi connectivity index (χ3v) is 3.92. The largest absolute Gasteiger partial charge is 0.339 e. The Balaban J connectivity index is 1.86. The first-order valence-electron chi connectivity index (χ1n) is 7.58. The van der Waals surface area contributed by atoms with Crippen LogP contribution >= 0.6 is 11.6 Å². The van der Waals surface area contributed by atoms with Gasteiger partial charge in [-0.2, -0.15) is 0 Å². The number of pyridine rings is 1. The standard InChI is InChI=1S/C19H15ClFN3O/c1-12-5-2-3-7-17(12)24-18-14(6-4-10-22-18)19(25)23-13-8-9-16(21)15(20)11-13/h2-11H,1H3,(H,22,24)(H,23,25). The van der Waals surface area contributed by atoms with E-state index in [0.29, 0.717) is 17.1 Å². The molecule has 1 aromatic heterocycles. The molecule has 126 valence electrons. The minimum atomic E-state index is -0.539. The van der Waals surface area contributed by atoms with E-state index in [1.807, 2.05) is 31.2 Å². The van der Waals surface area contributed by atoms with Gasteiger partial charge in [0.25, 0.3) is 5.91 Å². The number of halogens is 2. The number of aromatic nitrogens is 1. The van der Waals surface area contributed by atoms with Crippen molar-refractivity contribution in [2.75, 3.05) is 10.6 Å². The summed E-state index contributed by atoms with van der Waals surface area (Å²) in [5.41, 5.74) is 2.66. The highest BCUT2D eigenvalue weighted by Gasteiger charge is 2.14. The van der Waals surface area contributed by atoms with Crippen LogP contribution in [0.3, 0.4) is 0 Å². The molecule has 0 atom stereocenters. The first kappa shape index (κ1) is 16.9. The number of anilines is 3. The molecular weight excluding hydrogens is 341 g/mol. The summed E-state index contributed by atoms with van der Waals surface area (Å²) < 4.78 is 13.2. The van der Waals surface area contributed by atoms with Crippen LogP contribution in [0.4, 0.5) is 21.6 Å². The second-order valence-electron chi connectivity index (χ2n) is 5.42. The molecule has 0 spiro atoms. The van der Waals surface area contributed by atoms with Gasteiger partial charge in [0.15, 0.2) is 0 Å². The number of aryl methyl sites for hydroxylation is 1. The van der Waals surface area contributed by atoms with Gasteiger partial charge in [0.2, 0.25) is 0 Å². The van der Waals surface area contributed by atoms with E-state index in [1.165, 1.54) is 18.2 Å². The molecule has 0 aliphatic rings. The summed E-state index contributed by atoms with van der Waals surface area (Å²) in [5, 5.41) is 5.81. The van der Waals surface area contributed by atoms with Gasteiger partial charge in [0.05, 0.1) is 10.6 Å². The van der Waals surface area contributed by atoms with Crippen molar-refractivity contribution in [3.05, 3.63) is 82.8 Å². The molecule has 2 aromatic carbocycles. The molecule has 0 saturated heterocycles. The average molecular weight is 356 g/mol. The maximum atomic E-state index is 13.2. The second-order valence-corrected chi connectivity index (χ2v) is 5.83. The molecule has 0 saturated carbocycles. The summed E-state index contributed by atoms with van der Waals surface area (Å²) in [5.74, 6) is -0.475. The molecule has 3 rings (SSSR count). The molecule has 0 radical (unpaired) electrons. The van der Waals surface area contributed by atoms with Gasteiger partial charge in [-0.25, -0.2) is 9.37 Å². The Labute approximate surface area is 149 Å². The molecule has 0 unspecified atom stereocenters. The summed E-state index contributed by atoms with van der Waals surface area (Å²) in [6, 6.07) is 15.1. The Hall–Kier alpha value is -2.92. The van der Waals surface area contributed by atoms with Crippen LogP contribution in [0.25, 0.3) is 0 Å². The second kappa shape index (κ2) is 7.32. The number of benzene rings is 2. The molecule has 0 aliphatic carbocycles. The van der Waals surface area contributed by atoms with E-state index in [4.69, 9.17) is 11.6 Å². The lowest BCUT2D eigenvalue weighted by Gasteiger charge is -2.13. The summed E-state index contributed by atoms with van der Waals surface area (Å²) >= 11 is 5.75. The number of amides is 1. The number of nitrogens with zero attached hydrogens (tertiary/aromatic N) is 1. The fourth-order valence-corrected chi connectivity index (χ4v) is 2.48. The molecule has 25 heavy (non-hydrogen) atoms. The topological polar surface area (TPSA) is 54.0 Å². The van der Waals surface area contributed by atoms with Crippen LogP contribution in [0.2, 0.25) is 5.02 Å². The van der Waals surface area contributed by atoms with Gasteiger partial charge in [0.1, 0.15) is 11.6 Å². The SMILES string of the molecule is Cc1ccccc1Nc1ncccc1C(=O)Nc1ccc(F)c(Cl)c1. The van der Waals surface area contributed by atoms with Crippen molar-refractivity contribution in [2.24, 2.45) is 0 Å². The van der Waals surface area contributed by atoms with Gasteiger partial charge in [-0.15, -0.1) is 0 Å². The molecule has 2 N–H and O–H groups in total. The van der Waals surface area contributed by atoms with E-state index >= 15 is 0 Å². The third kappa shape index (κ3) is 3.95. The minimum Gasteiger partial charge on any atom is -0.339 e. The van der Waals surface area contributed by atoms with Crippen LogP contribution in [-0.2, 0) is 0 Å². The van der Waals surface area contributed by atoms with Crippen LogP contribution in [-0.4, -0.2) is 10.9 Å². The van der Waals surface area contributed by atoms with Crippen LogP contribution in [0.15, 0.2) is 60.8 Å². The first-order valence-corrected chi connectivity index (χ1v) is 7.96. The molecule has 3 aromatic rings. The van der Waals surface area contributed by atoms with Crippen molar-refractivity contribution in [1.29, 1.82) is 0 Å². The quantitative estimate of drug-likeness (QED) is 0.678. The van der Waals surface area contributed by atoms with Crippen molar-refractivity contribution in [3.8, 4) is 0 Å². The first-order chi connectivity index (χ1) is 12.0. The Bertz CT molecular complexity index is 930. The van der Waals surface area contributed by atoms with Crippen LogP contribution in [0, 0.1) is 12.7 Å². The minimum absolute atomic E-state index is 0.0535. The highest BCUT2D eigenvalue weighted by atomic mass is 35.5. The number of para-hydroxylation sites is 1. The van der Waals surface area contributed by atoms with Crippen molar-refractivity contribution < 1.29 is 9.18 Å². The van der Waals surface area contributed by atoms with Gasteiger partial charge >= 0.3 is 0 Å². The van der Waals surface area contributed by atoms with E-state index in [1.54, 1.807) is 18.3 Å². The van der Waals surface area contributed by atoms with Crippen molar-refractivity contribution in [1.82, 2.24) is 4.98 Å². The number of hydrogen-bond donors (Lipinski definition) is 2. The lowest BCUT2D eigenvalue weighted by atomic mass is 10.2. The molecule has 1 heterocycles. The van der Waals surface area contributed by atoms with E-state index < -0.39 is 5.82 Å². The molecule has 4 nitrogen and oxygen atoms in total. The molecular formula is C19H15ClFN3O. The number of carbonyl (C=O) groups is 1. The zero-order valence-electron chi connectivity index (χ0n) is 13.4. The summed E-state index contributed by atoms with van der Waals surface area (Å²) in [6.07, 6.45) is 1.60. The fraction of sp³-hybridized carbons (Fsp3) is 0.0526. The smallest absolute Gasteiger partial charge is 0.259 e. The van der Waals surface area contributed by atoms with E-state index in [2.05, 4.69) is 15.6 Å². The Morgan fingerprint density at radius 1 is 1.12 bits per heavy atom. The van der Waals surface area contributed by atoms with Gasteiger partial charge in [-0.3, -0.25) is 4.79 Å². The zero-order chi connectivity index (χ0) is 17.8. The summed E-state index contributed by atoms with van der Waals surface area (Å²) in [7, 11) is 0. The van der Waals surface area contributed by atoms with Crippen LogP contribution < -0.4 is 10.6 Å². The number of nitrogens with one attached hydrogen (secondary N) is 2. The lowest BCUT2D eigenvalue weighted by Crippen LogP contribution is -2.14.